The van der Waals surface area contributed by atoms with Crippen molar-refractivity contribution in [2.24, 2.45) is 0 Å². The van der Waals surface area contributed by atoms with E-state index in [0.717, 1.165) is 5.56 Å². The van der Waals surface area contributed by atoms with Crippen molar-refractivity contribution in [2.45, 2.75) is 6.54 Å². The lowest BCUT2D eigenvalue weighted by atomic mass is 10.2. The van der Waals surface area contributed by atoms with E-state index < -0.39 is 0 Å². The molecule has 2 N–H and O–H groups in total. The molecule has 0 aliphatic heterocycles. The van der Waals surface area contributed by atoms with Crippen LogP contribution in [0.25, 0.3) is 0 Å². The quantitative estimate of drug-likeness (QED) is 0.772. The minimum Gasteiger partial charge on any atom is -0.384 e. The Hall–Kier alpha value is -2.65. The highest BCUT2D eigenvalue weighted by molar-refractivity contribution is 5.90. The van der Waals surface area contributed by atoms with Gasteiger partial charge in [-0.1, -0.05) is 11.8 Å². The second-order valence-corrected chi connectivity index (χ2v) is 3.68. The fourth-order valence-corrected chi connectivity index (χ4v) is 1.44. The molecule has 19 heavy (non-hydrogen) atoms. The van der Waals surface area contributed by atoms with Crippen LogP contribution in [0.3, 0.4) is 0 Å². The zero-order valence-electron chi connectivity index (χ0n) is 10.1. The normalized spacial score (nSPS) is 9.53. The maximum absolute atomic E-state index is 11.7. The Balaban J connectivity index is 1.94. The molecule has 6 heteroatoms. The van der Waals surface area contributed by atoms with E-state index in [1.165, 1.54) is 17.3 Å². The standard InChI is InChI=1S/C13H12N4O2/c18-7-1-2-11-3-5-12(6-4-11)16-13(19)8-17-10-14-9-15-17/h3-6,9-10,18H,7-8H2,(H,16,19). The number of amides is 1. The van der Waals surface area contributed by atoms with Crippen LogP contribution in [-0.4, -0.2) is 32.4 Å². The largest absolute Gasteiger partial charge is 0.384 e. The van der Waals surface area contributed by atoms with Crippen molar-refractivity contribution in [3.8, 4) is 11.8 Å². The molecule has 0 fully saturated rings. The summed E-state index contributed by atoms with van der Waals surface area (Å²) in [7, 11) is 0. The van der Waals surface area contributed by atoms with Crippen LogP contribution in [0, 0.1) is 11.8 Å². The van der Waals surface area contributed by atoms with Gasteiger partial charge in [0.15, 0.2) is 0 Å². The van der Waals surface area contributed by atoms with E-state index in [-0.39, 0.29) is 19.1 Å². The van der Waals surface area contributed by atoms with Crippen molar-refractivity contribution >= 4 is 11.6 Å². The fourth-order valence-electron chi connectivity index (χ4n) is 1.44. The number of carbonyl (C=O) groups is 1. The van der Waals surface area contributed by atoms with E-state index in [0.29, 0.717) is 5.69 Å². The molecule has 96 valence electrons. The summed E-state index contributed by atoms with van der Waals surface area (Å²) in [6.45, 7) is -0.0531. The van der Waals surface area contributed by atoms with Gasteiger partial charge in [0.1, 0.15) is 25.8 Å². The molecular formula is C13H12N4O2. The molecule has 0 spiro atoms. The molecule has 0 radical (unpaired) electrons. The molecular weight excluding hydrogens is 244 g/mol. The molecule has 2 rings (SSSR count). The molecule has 2 aromatic rings. The number of aliphatic hydroxyl groups is 1. The SMILES string of the molecule is O=C(Cn1cncn1)Nc1ccc(C#CCO)cc1. The molecule has 1 aromatic carbocycles. The van der Waals surface area contributed by atoms with Gasteiger partial charge >= 0.3 is 0 Å². The molecule has 0 bridgehead atoms. The maximum atomic E-state index is 11.7. The summed E-state index contributed by atoms with van der Waals surface area (Å²) >= 11 is 0. The minimum absolute atomic E-state index is 0.117. The van der Waals surface area contributed by atoms with Gasteiger partial charge in [-0.15, -0.1) is 0 Å². The molecule has 0 atom stereocenters. The number of anilines is 1. The van der Waals surface area contributed by atoms with Crippen molar-refractivity contribution in [2.75, 3.05) is 11.9 Å². The van der Waals surface area contributed by atoms with Crippen LogP contribution in [0.2, 0.25) is 0 Å². The minimum atomic E-state index is -0.181. The number of carbonyl (C=O) groups excluding carboxylic acids is 1. The fraction of sp³-hybridized carbons (Fsp3) is 0.154. The second-order valence-electron chi connectivity index (χ2n) is 3.68. The Morgan fingerprint density at radius 1 is 1.37 bits per heavy atom. The highest BCUT2D eigenvalue weighted by Gasteiger charge is 2.03. The number of aromatic nitrogens is 3. The average Bonchev–Trinajstić information content (AvgIpc) is 2.90. The Morgan fingerprint density at radius 2 is 2.16 bits per heavy atom. The van der Waals surface area contributed by atoms with Crippen LogP contribution in [0.5, 0.6) is 0 Å². The third-order valence-corrected chi connectivity index (χ3v) is 2.25. The van der Waals surface area contributed by atoms with Crippen LogP contribution >= 0.6 is 0 Å². The Labute approximate surface area is 110 Å². The first-order valence-electron chi connectivity index (χ1n) is 5.60. The molecule has 0 aliphatic rings. The Kier molecular flexibility index (Phi) is 4.26. The summed E-state index contributed by atoms with van der Waals surface area (Å²) in [6.07, 6.45) is 2.86. The Morgan fingerprint density at radius 3 is 2.79 bits per heavy atom. The number of hydrogen-bond acceptors (Lipinski definition) is 4. The van der Waals surface area contributed by atoms with Crippen LogP contribution in [0.15, 0.2) is 36.9 Å². The topological polar surface area (TPSA) is 80.0 Å². The first-order valence-corrected chi connectivity index (χ1v) is 5.60. The summed E-state index contributed by atoms with van der Waals surface area (Å²) < 4.78 is 1.44. The van der Waals surface area contributed by atoms with Gasteiger partial charge in [0.05, 0.1) is 0 Å². The van der Waals surface area contributed by atoms with Crippen LogP contribution in [0.1, 0.15) is 5.56 Å². The summed E-state index contributed by atoms with van der Waals surface area (Å²) in [5.41, 5.74) is 1.46. The average molecular weight is 256 g/mol. The summed E-state index contributed by atoms with van der Waals surface area (Å²) in [5, 5.41) is 15.2. The Bertz CT molecular complexity index is 594. The van der Waals surface area contributed by atoms with Crippen molar-refractivity contribution in [3.05, 3.63) is 42.5 Å². The highest BCUT2D eigenvalue weighted by Crippen LogP contribution is 2.08. The van der Waals surface area contributed by atoms with Crippen LogP contribution in [0.4, 0.5) is 5.69 Å². The summed E-state index contributed by atoms with van der Waals surface area (Å²) in [5.74, 6) is 5.15. The lowest BCUT2D eigenvalue weighted by Gasteiger charge is -2.04. The third-order valence-electron chi connectivity index (χ3n) is 2.25. The van der Waals surface area contributed by atoms with Crippen molar-refractivity contribution < 1.29 is 9.90 Å². The molecule has 0 saturated carbocycles. The number of hydrogen-bond donors (Lipinski definition) is 2. The van der Waals surface area contributed by atoms with Gasteiger partial charge in [0, 0.05) is 11.3 Å². The number of nitrogens with one attached hydrogen (secondary N) is 1. The smallest absolute Gasteiger partial charge is 0.246 e. The molecule has 0 unspecified atom stereocenters. The maximum Gasteiger partial charge on any atom is 0.246 e. The number of aliphatic hydroxyl groups excluding tert-OH is 1. The van der Waals surface area contributed by atoms with E-state index in [1.807, 2.05) is 0 Å². The van der Waals surface area contributed by atoms with Gasteiger partial charge in [-0.3, -0.25) is 4.79 Å². The van der Waals surface area contributed by atoms with E-state index in [2.05, 4.69) is 27.2 Å². The van der Waals surface area contributed by atoms with Gasteiger partial charge < -0.3 is 10.4 Å². The lowest BCUT2D eigenvalue weighted by molar-refractivity contribution is -0.116. The monoisotopic (exact) mass is 256 g/mol. The van der Waals surface area contributed by atoms with Gasteiger partial charge in [-0.25, -0.2) is 9.67 Å². The van der Waals surface area contributed by atoms with Crippen molar-refractivity contribution in [3.63, 3.8) is 0 Å². The van der Waals surface area contributed by atoms with Crippen molar-refractivity contribution in [1.82, 2.24) is 14.8 Å². The molecule has 1 heterocycles. The van der Waals surface area contributed by atoms with Gasteiger partial charge in [-0.05, 0) is 24.3 Å². The van der Waals surface area contributed by atoms with Gasteiger partial charge in [0.25, 0.3) is 0 Å². The summed E-state index contributed by atoms with van der Waals surface area (Å²) in [4.78, 5) is 15.4. The predicted octanol–water partition coefficient (Wildman–Crippen LogP) is 0.261. The number of benzene rings is 1. The van der Waals surface area contributed by atoms with E-state index in [4.69, 9.17) is 5.11 Å². The highest BCUT2D eigenvalue weighted by atomic mass is 16.2. The van der Waals surface area contributed by atoms with Gasteiger partial charge in [0.2, 0.25) is 5.91 Å². The zero-order valence-corrected chi connectivity index (χ0v) is 10.1. The van der Waals surface area contributed by atoms with E-state index >= 15 is 0 Å². The summed E-state index contributed by atoms with van der Waals surface area (Å²) in [6, 6.07) is 7.04. The first kappa shape index (κ1) is 12.8. The third kappa shape index (κ3) is 3.94. The van der Waals surface area contributed by atoms with Crippen molar-refractivity contribution in [1.29, 1.82) is 0 Å². The molecule has 1 aromatic heterocycles. The van der Waals surface area contributed by atoms with E-state index in [1.54, 1.807) is 24.3 Å². The first-order chi connectivity index (χ1) is 9.28. The van der Waals surface area contributed by atoms with Crippen LogP contribution in [-0.2, 0) is 11.3 Å². The van der Waals surface area contributed by atoms with E-state index in [9.17, 15) is 4.79 Å². The molecule has 0 saturated heterocycles. The molecule has 6 nitrogen and oxygen atoms in total. The van der Waals surface area contributed by atoms with Gasteiger partial charge in [-0.2, -0.15) is 5.10 Å². The second kappa shape index (κ2) is 6.33. The lowest BCUT2D eigenvalue weighted by Crippen LogP contribution is -2.18. The number of rotatable bonds is 3. The predicted molar refractivity (Wildman–Crippen MR) is 69.1 cm³/mol. The zero-order chi connectivity index (χ0) is 13.5. The van der Waals surface area contributed by atoms with Crippen LogP contribution < -0.4 is 5.32 Å². The molecule has 0 aliphatic carbocycles. The number of nitrogens with zero attached hydrogens (tertiary/aromatic N) is 3. The molecule has 1 amide bonds.